The van der Waals surface area contributed by atoms with Crippen LogP contribution >= 0.6 is 11.3 Å². The maximum atomic E-state index is 13.7. The fourth-order valence-electron chi connectivity index (χ4n) is 4.96. The maximum absolute atomic E-state index is 13.7. The van der Waals surface area contributed by atoms with Gasteiger partial charge in [-0.15, -0.1) is 11.3 Å². The smallest absolute Gasteiger partial charge is 0.303 e. The fourth-order valence-corrected chi connectivity index (χ4v) is 5.93. The van der Waals surface area contributed by atoms with Crippen molar-refractivity contribution in [2.45, 2.75) is 64.8 Å². The van der Waals surface area contributed by atoms with Gasteiger partial charge in [0.15, 0.2) is 12.2 Å². The van der Waals surface area contributed by atoms with E-state index in [1.165, 1.54) is 35.6 Å². The summed E-state index contributed by atoms with van der Waals surface area (Å²) in [4.78, 5) is 63.0. The summed E-state index contributed by atoms with van der Waals surface area (Å²) in [5, 5.41) is 12.2. The molecule has 0 saturated carbocycles. The van der Waals surface area contributed by atoms with E-state index in [2.05, 4.69) is 0 Å². The Hall–Kier alpha value is -4.46. The molecule has 2 heterocycles. The summed E-state index contributed by atoms with van der Waals surface area (Å²) in [7, 11) is 0. The van der Waals surface area contributed by atoms with Crippen molar-refractivity contribution in [1.29, 1.82) is 0 Å². The summed E-state index contributed by atoms with van der Waals surface area (Å²) in [6.07, 6.45) is -6.30. The van der Waals surface area contributed by atoms with Gasteiger partial charge in [0.05, 0.1) is 4.88 Å². The molecule has 0 bridgehead atoms. The maximum Gasteiger partial charge on any atom is 0.303 e. The molecule has 3 unspecified atom stereocenters. The lowest BCUT2D eigenvalue weighted by molar-refractivity contribution is -0.360. The summed E-state index contributed by atoms with van der Waals surface area (Å²) in [5.41, 5.74) is 1.36. The van der Waals surface area contributed by atoms with Crippen LogP contribution in [0.3, 0.4) is 0 Å². The number of carbonyl (C=O) groups is 5. The minimum absolute atomic E-state index is 0.0655. The summed E-state index contributed by atoms with van der Waals surface area (Å²) >= 11 is 1.19. The SMILES string of the molecule is CC(=O)OC[C@H]1OC(O)(c2ccc(C)c(C(=O)c3ccc(-c4ccc(F)cc4)s3)c2)C(OC(C)=O)[C@@H](OC(C)=O)C1OC(C)=O. The number of thiophene rings is 1. The molecule has 1 fully saturated rings. The lowest BCUT2D eigenvalue weighted by Crippen LogP contribution is -2.66. The summed E-state index contributed by atoms with van der Waals surface area (Å²) in [5.74, 6) is -6.67. The van der Waals surface area contributed by atoms with Gasteiger partial charge in [0.1, 0.15) is 18.5 Å². The molecule has 13 heteroatoms. The predicted octanol–water partition coefficient (Wildman–Crippen LogP) is 4.00. The second-order valence-electron chi connectivity index (χ2n) is 10.4. The molecule has 1 saturated heterocycles. The third kappa shape index (κ3) is 7.62. The van der Waals surface area contributed by atoms with Crippen molar-refractivity contribution in [3.63, 3.8) is 0 Å². The number of ether oxygens (including phenoxy) is 5. The van der Waals surface area contributed by atoms with Crippen LogP contribution in [0.25, 0.3) is 10.4 Å². The van der Waals surface area contributed by atoms with Crippen molar-refractivity contribution in [2.24, 2.45) is 0 Å². The van der Waals surface area contributed by atoms with Gasteiger partial charge >= 0.3 is 23.9 Å². The zero-order valence-corrected chi connectivity index (χ0v) is 25.8. The first-order chi connectivity index (χ1) is 21.2. The van der Waals surface area contributed by atoms with E-state index in [1.54, 1.807) is 37.3 Å². The molecular formula is C32H31FO11S. The number of aryl methyl sites for hydroxylation is 1. The monoisotopic (exact) mass is 642 g/mol. The molecular weight excluding hydrogens is 611 g/mol. The first-order valence-electron chi connectivity index (χ1n) is 13.8. The highest BCUT2D eigenvalue weighted by Gasteiger charge is 2.60. The Balaban J connectivity index is 1.80. The van der Waals surface area contributed by atoms with Crippen LogP contribution in [-0.2, 0) is 48.6 Å². The Morgan fingerprint density at radius 3 is 2.07 bits per heavy atom. The van der Waals surface area contributed by atoms with Crippen LogP contribution in [0.15, 0.2) is 54.6 Å². The zero-order valence-electron chi connectivity index (χ0n) is 25.0. The van der Waals surface area contributed by atoms with Crippen LogP contribution in [-0.4, -0.2) is 65.8 Å². The van der Waals surface area contributed by atoms with Crippen LogP contribution in [0.5, 0.6) is 0 Å². The zero-order chi connectivity index (χ0) is 33.1. The number of benzene rings is 2. The molecule has 5 atom stereocenters. The molecule has 1 N–H and O–H groups in total. The number of ketones is 1. The van der Waals surface area contributed by atoms with E-state index in [-0.39, 0.29) is 16.9 Å². The minimum atomic E-state index is -2.59. The normalized spacial score (nSPS) is 22.6. The van der Waals surface area contributed by atoms with E-state index in [0.29, 0.717) is 10.4 Å². The van der Waals surface area contributed by atoms with Crippen LogP contribution in [0.4, 0.5) is 4.39 Å². The van der Waals surface area contributed by atoms with Gasteiger partial charge in [-0.25, -0.2) is 4.39 Å². The molecule has 0 aliphatic carbocycles. The van der Waals surface area contributed by atoms with Gasteiger partial charge in [-0.1, -0.05) is 24.3 Å². The van der Waals surface area contributed by atoms with Gasteiger partial charge in [-0.2, -0.15) is 0 Å². The summed E-state index contributed by atoms with van der Waals surface area (Å²) in [6, 6.07) is 13.5. The Bertz CT molecular complexity index is 1620. The molecule has 1 aliphatic heterocycles. The van der Waals surface area contributed by atoms with E-state index < -0.39 is 66.5 Å². The fraction of sp³-hybridized carbons (Fsp3) is 0.344. The largest absolute Gasteiger partial charge is 0.463 e. The average Bonchev–Trinajstić information content (AvgIpc) is 3.45. The standard InChI is InChI=1S/C32H31FO11S/c1-16-6-9-22(14-24(16)28(38)27-13-12-26(45-27)21-7-10-23(33)11-8-21)32(39)31(43-20(5)37)30(42-19(4)36)29(41-18(3)35)25(44-32)15-40-17(2)34/h6-14,25,29-31,39H,15H2,1-5H3/t25-,29?,30+,31?,32?/m1/s1. The lowest BCUT2D eigenvalue weighted by atomic mass is 9.86. The second-order valence-corrected chi connectivity index (χ2v) is 11.4. The van der Waals surface area contributed by atoms with E-state index in [1.807, 2.05) is 0 Å². The highest BCUT2D eigenvalue weighted by Crippen LogP contribution is 2.42. The van der Waals surface area contributed by atoms with E-state index in [4.69, 9.17) is 23.7 Å². The van der Waals surface area contributed by atoms with Crippen molar-refractivity contribution in [3.8, 4) is 10.4 Å². The molecule has 1 aliphatic rings. The van der Waals surface area contributed by atoms with Gasteiger partial charge < -0.3 is 28.8 Å². The van der Waals surface area contributed by atoms with Gasteiger partial charge in [0.2, 0.25) is 17.7 Å². The molecule has 0 amide bonds. The van der Waals surface area contributed by atoms with E-state index in [0.717, 1.165) is 38.1 Å². The first-order valence-corrected chi connectivity index (χ1v) is 14.6. The van der Waals surface area contributed by atoms with Crippen LogP contribution in [0.2, 0.25) is 0 Å². The minimum Gasteiger partial charge on any atom is -0.463 e. The summed E-state index contributed by atoms with van der Waals surface area (Å²) < 4.78 is 40.7. The molecule has 0 spiro atoms. The first kappa shape index (κ1) is 33.4. The van der Waals surface area contributed by atoms with Crippen molar-refractivity contribution < 1.29 is 57.2 Å². The Morgan fingerprint density at radius 1 is 0.844 bits per heavy atom. The van der Waals surface area contributed by atoms with Crippen molar-refractivity contribution in [3.05, 3.63) is 82.0 Å². The summed E-state index contributed by atoms with van der Waals surface area (Å²) in [6.45, 7) is 5.47. The second kappa shape index (κ2) is 13.7. The highest BCUT2D eigenvalue weighted by molar-refractivity contribution is 7.17. The van der Waals surface area contributed by atoms with Crippen molar-refractivity contribution in [2.75, 3.05) is 6.61 Å². The van der Waals surface area contributed by atoms with Gasteiger partial charge in [0, 0.05) is 43.7 Å². The van der Waals surface area contributed by atoms with Gasteiger partial charge in [-0.05, 0) is 48.4 Å². The number of halogens is 1. The number of hydrogen-bond donors (Lipinski definition) is 1. The molecule has 3 aromatic rings. The molecule has 238 valence electrons. The number of hydrogen-bond acceptors (Lipinski definition) is 12. The Morgan fingerprint density at radius 2 is 1.47 bits per heavy atom. The third-order valence-electron chi connectivity index (χ3n) is 6.91. The van der Waals surface area contributed by atoms with Crippen LogP contribution < -0.4 is 0 Å². The van der Waals surface area contributed by atoms with Crippen molar-refractivity contribution in [1.82, 2.24) is 0 Å². The molecule has 1 aromatic heterocycles. The molecule has 2 aromatic carbocycles. The molecule has 45 heavy (non-hydrogen) atoms. The quantitative estimate of drug-likeness (QED) is 0.205. The van der Waals surface area contributed by atoms with Gasteiger partial charge in [-0.3, -0.25) is 24.0 Å². The van der Waals surface area contributed by atoms with Crippen LogP contribution in [0.1, 0.15) is 54.1 Å². The van der Waals surface area contributed by atoms with Gasteiger partial charge in [0.25, 0.3) is 0 Å². The number of rotatable bonds is 9. The van der Waals surface area contributed by atoms with E-state index in [9.17, 15) is 33.5 Å². The molecule has 11 nitrogen and oxygen atoms in total. The predicted molar refractivity (Wildman–Crippen MR) is 156 cm³/mol. The van der Waals surface area contributed by atoms with E-state index >= 15 is 0 Å². The molecule has 4 rings (SSSR count). The number of esters is 4. The van der Waals surface area contributed by atoms with Crippen LogP contribution in [0, 0.1) is 12.7 Å². The Labute approximate surface area is 261 Å². The highest BCUT2D eigenvalue weighted by atomic mass is 32.1. The topological polar surface area (TPSA) is 152 Å². The lowest BCUT2D eigenvalue weighted by Gasteiger charge is -2.48. The number of carbonyl (C=O) groups excluding carboxylic acids is 5. The van der Waals surface area contributed by atoms with Crippen molar-refractivity contribution >= 4 is 41.0 Å². The Kier molecular flexibility index (Phi) is 10.2. The third-order valence-corrected chi connectivity index (χ3v) is 8.04. The average molecular weight is 643 g/mol. The molecule has 0 radical (unpaired) electrons. The number of aliphatic hydroxyl groups is 1.